The Morgan fingerprint density at radius 3 is 2.43 bits per heavy atom. The van der Waals surface area contributed by atoms with Crippen molar-refractivity contribution in [3.8, 4) is 0 Å². The average Bonchev–Trinajstić information content (AvgIpc) is 2.72. The minimum Gasteiger partial charge on any atom is -0.322 e. The van der Waals surface area contributed by atoms with E-state index in [-0.39, 0.29) is 11.8 Å². The summed E-state index contributed by atoms with van der Waals surface area (Å²) >= 11 is 0. The smallest absolute Gasteiger partial charge is 0.270 e. The van der Waals surface area contributed by atoms with E-state index >= 15 is 0 Å². The molecule has 28 heavy (non-hydrogen) atoms. The van der Waals surface area contributed by atoms with Crippen molar-refractivity contribution < 1.29 is 9.59 Å². The van der Waals surface area contributed by atoms with Crippen molar-refractivity contribution in [2.24, 2.45) is 0 Å². The van der Waals surface area contributed by atoms with Gasteiger partial charge in [0.2, 0.25) is 5.91 Å². The normalized spacial score (nSPS) is 11.1. The van der Waals surface area contributed by atoms with Crippen molar-refractivity contribution in [2.75, 3.05) is 5.32 Å². The molecule has 0 bridgehead atoms. The Bertz CT molecular complexity index is 1040. The molecule has 0 aliphatic rings. The lowest BCUT2D eigenvalue weighted by Crippen LogP contribution is -2.36. The molecule has 0 radical (unpaired) electrons. The summed E-state index contributed by atoms with van der Waals surface area (Å²) in [7, 11) is 0. The van der Waals surface area contributed by atoms with Crippen LogP contribution in [0.3, 0.4) is 0 Å². The highest BCUT2D eigenvalue weighted by Gasteiger charge is 2.09. The van der Waals surface area contributed by atoms with E-state index in [0.29, 0.717) is 11.3 Å². The zero-order valence-electron chi connectivity index (χ0n) is 16.0. The Kier molecular flexibility index (Phi) is 6.07. The molecule has 0 aliphatic carbocycles. The van der Waals surface area contributed by atoms with Gasteiger partial charge in [0.25, 0.3) is 5.91 Å². The van der Waals surface area contributed by atoms with Crippen LogP contribution < -0.4 is 16.2 Å². The van der Waals surface area contributed by atoms with E-state index in [0.717, 1.165) is 28.4 Å². The monoisotopic (exact) mass is 373 g/mol. The van der Waals surface area contributed by atoms with Crippen molar-refractivity contribution in [1.29, 1.82) is 0 Å². The number of aryl methyl sites for hydroxylation is 1. The number of allylic oxidation sites excluding steroid dienone is 1. The summed E-state index contributed by atoms with van der Waals surface area (Å²) in [5.74, 6) is -0.522. The van der Waals surface area contributed by atoms with E-state index < -0.39 is 0 Å². The first-order valence-corrected chi connectivity index (χ1v) is 9.19. The van der Waals surface area contributed by atoms with Gasteiger partial charge in [0.1, 0.15) is 0 Å². The van der Waals surface area contributed by atoms with Gasteiger partial charge in [-0.05, 0) is 41.8 Å². The molecule has 0 atom stereocenters. The van der Waals surface area contributed by atoms with E-state index in [4.69, 9.17) is 0 Å². The van der Waals surface area contributed by atoms with Gasteiger partial charge in [-0.3, -0.25) is 15.0 Å². The van der Waals surface area contributed by atoms with Gasteiger partial charge in [0.05, 0.1) is 0 Å². The van der Waals surface area contributed by atoms with E-state index in [1.165, 1.54) is 6.08 Å². The number of fused-ring (bicyclic) bond motifs is 1. The predicted octanol–water partition coefficient (Wildman–Crippen LogP) is 4.18. The zero-order valence-corrected chi connectivity index (χ0v) is 16.0. The van der Waals surface area contributed by atoms with Gasteiger partial charge in [0.15, 0.2) is 0 Å². The molecule has 3 aromatic rings. The van der Waals surface area contributed by atoms with E-state index in [1.807, 2.05) is 67.6 Å². The minimum atomic E-state index is -0.263. The summed E-state index contributed by atoms with van der Waals surface area (Å²) < 4.78 is 0. The maximum absolute atomic E-state index is 12.5. The summed E-state index contributed by atoms with van der Waals surface area (Å²) in [4.78, 5) is 24.8. The number of hydrazine groups is 1. The molecule has 5 heteroatoms. The highest BCUT2D eigenvalue weighted by Crippen LogP contribution is 2.18. The molecular formula is C23H23N3O2. The third kappa shape index (κ3) is 4.57. The number of anilines is 1. The average molecular weight is 373 g/mol. The summed E-state index contributed by atoms with van der Waals surface area (Å²) in [5.41, 5.74) is 8.39. The Hall–Kier alpha value is -3.60. The number of hydrogen-bond acceptors (Lipinski definition) is 3. The molecule has 0 spiro atoms. The van der Waals surface area contributed by atoms with Crippen LogP contribution in [-0.2, 0) is 11.2 Å². The fourth-order valence-electron chi connectivity index (χ4n) is 3.00. The number of hydrogen-bond donors (Lipinski definition) is 3. The van der Waals surface area contributed by atoms with Crippen LogP contribution in [0.1, 0.15) is 29.8 Å². The van der Waals surface area contributed by atoms with Crippen LogP contribution in [0.4, 0.5) is 5.69 Å². The van der Waals surface area contributed by atoms with Gasteiger partial charge >= 0.3 is 0 Å². The molecule has 0 aromatic heterocycles. The molecule has 3 rings (SSSR count). The minimum absolute atomic E-state index is 0.259. The molecule has 0 aliphatic heterocycles. The lowest BCUT2D eigenvalue weighted by Gasteiger charge is -2.11. The topological polar surface area (TPSA) is 70.2 Å². The molecule has 142 valence electrons. The quantitative estimate of drug-likeness (QED) is 0.448. The number of para-hydroxylation sites is 1. The van der Waals surface area contributed by atoms with Crippen molar-refractivity contribution in [2.45, 2.75) is 20.3 Å². The third-order valence-corrected chi connectivity index (χ3v) is 4.41. The fourth-order valence-corrected chi connectivity index (χ4v) is 3.00. The SMILES string of the molecule is CCc1ccccc1NC(=O)C=C(C)NNC(=O)c1cccc2ccccc12. The molecule has 3 N–H and O–H groups in total. The molecule has 0 saturated carbocycles. The maximum atomic E-state index is 12.5. The maximum Gasteiger partial charge on any atom is 0.270 e. The molecule has 0 fully saturated rings. The van der Waals surface area contributed by atoms with Crippen LogP contribution in [0.2, 0.25) is 0 Å². The van der Waals surface area contributed by atoms with Crippen molar-refractivity contribution in [3.63, 3.8) is 0 Å². The summed E-state index contributed by atoms with van der Waals surface area (Å²) in [6.45, 7) is 3.76. The Labute approximate surface area is 164 Å². The highest BCUT2D eigenvalue weighted by molar-refractivity contribution is 6.07. The molecule has 2 amide bonds. The second-order valence-corrected chi connectivity index (χ2v) is 6.43. The molecular weight excluding hydrogens is 350 g/mol. The number of rotatable bonds is 6. The second-order valence-electron chi connectivity index (χ2n) is 6.43. The van der Waals surface area contributed by atoms with Gasteiger partial charge in [-0.2, -0.15) is 0 Å². The first kappa shape index (κ1) is 19.2. The molecule has 5 nitrogen and oxygen atoms in total. The van der Waals surface area contributed by atoms with Crippen molar-refractivity contribution in [3.05, 3.63) is 89.6 Å². The molecule has 3 aromatic carbocycles. The van der Waals surface area contributed by atoms with Gasteiger partial charge in [-0.15, -0.1) is 0 Å². The number of carbonyl (C=O) groups excluding carboxylic acids is 2. The van der Waals surface area contributed by atoms with Crippen molar-refractivity contribution >= 4 is 28.3 Å². The van der Waals surface area contributed by atoms with Crippen LogP contribution in [-0.4, -0.2) is 11.8 Å². The molecule has 0 unspecified atom stereocenters. The van der Waals surface area contributed by atoms with Crippen molar-refractivity contribution in [1.82, 2.24) is 10.9 Å². The lowest BCUT2D eigenvalue weighted by molar-refractivity contribution is -0.112. The first-order valence-electron chi connectivity index (χ1n) is 9.19. The third-order valence-electron chi connectivity index (χ3n) is 4.41. The van der Waals surface area contributed by atoms with Crippen LogP contribution >= 0.6 is 0 Å². The van der Waals surface area contributed by atoms with Gasteiger partial charge in [0, 0.05) is 23.0 Å². The summed E-state index contributed by atoms with van der Waals surface area (Å²) in [6, 6.07) is 21.0. The Morgan fingerprint density at radius 1 is 0.893 bits per heavy atom. The van der Waals surface area contributed by atoms with Crippen LogP contribution in [0.25, 0.3) is 10.8 Å². The summed E-state index contributed by atoms with van der Waals surface area (Å²) in [5, 5.41) is 4.74. The lowest BCUT2D eigenvalue weighted by atomic mass is 10.0. The number of carbonyl (C=O) groups is 2. The van der Waals surface area contributed by atoms with Gasteiger partial charge in [-0.25, -0.2) is 0 Å². The van der Waals surface area contributed by atoms with Crippen LogP contribution in [0.15, 0.2) is 78.5 Å². The number of benzene rings is 3. The van der Waals surface area contributed by atoms with E-state index in [2.05, 4.69) is 16.2 Å². The van der Waals surface area contributed by atoms with Gasteiger partial charge < -0.3 is 10.7 Å². The van der Waals surface area contributed by atoms with Crippen LogP contribution in [0.5, 0.6) is 0 Å². The molecule has 0 saturated heterocycles. The number of nitrogens with one attached hydrogen (secondary N) is 3. The van der Waals surface area contributed by atoms with Crippen LogP contribution in [0, 0.1) is 0 Å². The van der Waals surface area contributed by atoms with E-state index in [1.54, 1.807) is 13.0 Å². The van der Waals surface area contributed by atoms with E-state index in [9.17, 15) is 9.59 Å². The highest BCUT2D eigenvalue weighted by atomic mass is 16.2. The van der Waals surface area contributed by atoms with Gasteiger partial charge in [-0.1, -0.05) is 61.5 Å². The first-order chi connectivity index (χ1) is 13.6. The zero-order chi connectivity index (χ0) is 19.9. The Morgan fingerprint density at radius 2 is 1.61 bits per heavy atom. The largest absolute Gasteiger partial charge is 0.322 e. The molecule has 0 heterocycles. The second kappa shape index (κ2) is 8.86. The Balaban J connectivity index is 1.63. The fraction of sp³-hybridized carbons (Fsp3) is 0.130. The predicted molar refractivity (Wildman–Crippen MR) is 113 cm³/mol. The number of amides is 2. The summed E-state index contributed by atoms with van der Waals surface area (Å²) in [6.07, 6.45) is 2.24. The standard InChI is InChI=1S/C23H23N3O2/c1-3-17-9-5-7-14-21(17)24-22(27)15-16(2)25-26-23(28)20-13-8-11-18-10-4-6-12-19(18)20/h4-15,25H,3H2,1-2H3,(H,24,27)(H,26,28).